The fraction of sp³-hybridized carbons (Fsp3) is 0.136. The summed E-state index contributed by atoms with van der Waals surface area (Å²) in [6.07, 6.45) is 0. The van der Waals surface area contributed by atoms with Gasteiger partial charge in [0.2, 0.25) is 0 Å². The lowest BCUT2D eigenvalue weighted by Gasteiger charge is -2.15. The first-order valence-corrected chi connectivity index (χ1v) is 10.5. The lowest BCUT2D eigenvalue weighted by atomic mass is 10.0. The summed E-state index contributed by atoms with van der Waals surface area (Å²) in [7, 11) is -2.47. The van der Waals surface area contributed by atoms with E-state index in [0.717, 1.165) is 0 Å². The minimum absolute atomic E-state index is 0.0450. The van der Waals surface area contributed by atoms with Crippen LogP contribution in [-0.2, 0) is 10.0 Å². The molecule has 0 aliphatic heterocycles. The number of anilines is 1. The standard InChI is InChI=1S/C22H19F2NO5S/c1-14(26)15-5-10-19(11-6-15)31(27,28)25-17-7-12-21(30-22(23)24)20(13-17)16-3-8-18(29-2)9-4-16/h3-13,22,25H,1-2H3. The Kier molecular flexibility index (Phi) is 6.55. The zero-order chi connectivity index (χ0) is 22.6. The summed E-state index contributed by atoms with van der Waals surface area (Å²) < 4.78 is 63.2. The highest BCUT2D eigenvalue weighted by Crippen LogP contribution is 2.35. The molecule has 0 bridgehead atoms. The summed E-state index contributed by atoms with van der Waals surface area (Å²) in [5.41, 5.74) is 1.34. The molecule has 0 fully saturated rings. The molecule has 3 aromatic rings. The molecule has 9 heteroatoms. The second kappa shape index (κ2) is 9.13. The first kappa shape index (κ1) is 22.2. The Hall–Kier alpha value is -3.46. The lowest BCUT2D eigenvalue weighted by Crippen LogP contribution is -2.13. The van der Waals surface area contributed by atoms with E-state index < -0.39 is 16.6 Å². The maximum atomic E-state index is 12.8. The quantitative estimate of drug-likeness (QED) is 0.493. The smallest absolute Gasteiger partial charge is 0.387 e. The predicted molar refractivity (Wildman–Crippen MR) is 112 cm³/mol. The van der Waals surface area contributed by atoms with E-state index in [-0.39, 0.29) is 27.7 Å². The number of sulfonamides is 1. The van der Waals surface area contributed by atoms with E-state index in [9.17, 15) is 22.0 Å². The number of benzene rings is 3. The monoisotopic (exact) mass is 447 g/mol. The van der Waals surface area contributed by atoms with Gasteiger partial charge in [0.25, 0.3) is 10.0 Å². The molecule has 0 unspecified atom stereocenters. The molecular weight excluding hydrogens is 428 g/mol. The third kappa shape index (κ3) is 5.37. The van der Waals surface area contributed by atoms with Crippen LogP contribution in [0.3, 0.4) is 0 Å². The van der Waals surface area contributed by atoms with Crippen molar-refractivity contribution in [1.29, 1.82) is 0 Å². The van der Waals surface area contributed by atoms with Crippen molar-refractivity contribution in [2.24, 2.45) is 0 Å². The highest BCUT2D eigenvalue weighted by atomic mass is 32.2. The third-order valence-corrected chi connectivity index (χ3v) is 5.82. The fourth-order valence-electron chi connectivity index (χ4n) is 2.87. The van der Waals surface area contributed by atoms with Crippen molar-refractivity contribution in [3.8, 4) is 22.6 Å². The van der Waals surface area contributed by atoms with E-state index in [0.29, 0.717) is 16.9 Å². The van der Waals surface area contributed by atoms with Gasteiger partial charge in [0, 0.05) is 16.8 Å². The highest BCUT2D eigenvalue weighted by Gasteiger charge is 2.18. The van der Waals surface area contributed by atoms with Gasteiger partial charge in [-0.05, 0) is 55.0 Å². The number of Topliss-reactive ketones (excluding diaryl/α,β-unsaturated/α-hetero) is 1. The minimum atomic E-state index is -3.97. The van der Waals surface area contributed by atoms with Crippen LogP contribution in [0.2, 0.25) is 0 Å². The summed E-state index contributed by atoms with van der Waals surface area (Å²) in [5.74, 6) is 0.288. The summed E-state index contributed by atoms with van der Waals surface area (Å²) in [4.78, 5) is 11.3. The van der Waals surface area contributed by atoms with Crippen molar-refractivity contribution in [2.75, 3.05) is 11.8 Å². The van der Waals surface area contributed by atoms with Crippen molar-refractivity contribution in [3.63, 3.8) is 0 Å². The second-order valence-corrected chi connectivity index (χ2v) is 8.19. The van der Waals surface area contributed by atoms with Gasteiger partial charge >= 0.3 is 6.61 Å². The van der Waals surface area contributed by atoms with Crippen molar-refractivity contribution >= 4 is 21.5 Å². The Labute approximate surface area is 178 Å². The predicted octanol–water partition coefficient (Wildman–Crippen LogP) is 4.97. The van der Waals surface area contributed by atoms with Gasteiger partial charge in [-0.25, -0.2) is 8.42 Å². The van der Waals surface area contributed by atoms with Crippen LogP contribution in [-0.4, -0.2) is 27.9 Å². The second-order valence-electron chi connectivity index (χ2n) is 6.50. The van der Waals surface area contributed by atoms with E-state index >= 15 is 0 Å². The largest absolute Gasteiger partial charge is 0.497 e. The third-order valence-electron chi connectivity index (χ3n) is 4.42. The molecule has 0 heterocycles. The van der Waals surface area contributed by atoms with E-state index in [2.05, 4.69) is 9.46 Å². The first-order chi connectivity index (χ1) is 14.7. The molecule has 0 atom stereocenters. The number of hydrogen-bond acceptors (Lipinski definition) is 5. The molecule has 162 valence electrons. The first-order valence-electron chi connectivity index (χ1n) is 9.07. The number of hydrogen-bond donors (Lipinski definition) is 1. The van der Waals surface area contributed by atoms with Crippen molar-refractivity contribution < 1.29 is 31.5 Å². The Morgan fingerprint density at radius 3 is 2.16 bits per heavy atom. The van der Waals surface area contributed by atoms with Crippen LogP contribution in [0.15, 0.2) is 71.6 Å². The molecular formula is C22H19F2NO5S. The van der Waals surface area contributed by atoms with E-state index in [1.807, 2.05) is 0 Å². The maximum absolute atomic E-state index is 12.8. The number of nitrogens with one attached hydrogen (secondary N) is 1. The molecule has 0 aliphatic rings. The van der Waals surface area contributed by atoms with E-state index in [1.54, 1.807) is 24.3 Å². The van der Waals surface area contributed by atoms with Crippen LogP contribution < -0.4 is 14.2 Å². The van der Waals surface area contributed by atoms with Gasteiger partial charge in [0.15, 0.2) is 5.78 Å². The number of ketones is 1. The molecule has 3 aromatic carbocycles. The van der Waals surface area contributed by atoms with Gasteiger partial charge in [-0.15, -0.1) is 0 Å². The Balaban J connectivity index is 1.96. The molecule has 3 rings (SSSR count). The number of alkyl halides is 2. The molecule has 0 saturated heterocycles. The van der Waals surface area contributed by atoms with Crippen molar-refractivity contribution in [3.05, 3.63) is 72.3 Å². The van der Waals surface area contributed by atoms with Gasteiger partial charge < -0.3 is 9.47 Å². The van der Waals surface area contributed by atoms with Crippen LogP contribution in [0, 0.1) is 0 Å². The molecule has 6 nitrogen and oxygen atoms in total. The molecule has 0 saturated carbocycles. The zero-order valence-electron chi connectivity index (χ0n) is 16.6. The molecule has 0 amide bonds. The van der Waals surface area contributed by atoms with Crippen LogP contribution in [0.5, 0.6) is 11.5 Å². The van der Waals surface area contributed by atoms with Gasteiger partial charge in [-0.1, -0.05) is 24.3 Å². The molecule has 1 N–H and O–H groups in total. The summed E-state index contributed by atoms with van der Waals surface area (Å²) in [6.45, 7) is -1.66. The molecule has 0 aliphatic carbocycles. The molecule has 0 aromatic heterocycles. The van der Waals surface area contributed by atoms with E-state index in [1.165, 1.54) is 56.5 Å². The Morgan fingerprint density at radius 1 is 0.968 bits per heavy atom. The summed E-state index contributed by atoms with van der Waals surface area (Å²) in [5, 5.41) is 0. The minimum Gasteiger partial charge on any atom is -0.497 e. The summed E-state index contributed by atoms with van der Waals surface area (Å²) in [6, 6.07) is 16.0. The average molecular weight is 447 g/mol. The van der Waals surface area contributed by atoms with Crippen LogP contribution in [0.25, 0.3) is 11.1 Å². The Morgan fingerprint density at radius 2 is 1.61 bits per heavy atom. The SMILES string of the molecule is COc1ccc(-c2cc(NS(=O)(=O)c3ccc(C(C)=O)cc3)ccc2OC(F)F)cc1. The molecule has 0 radical (unpaired) electrons. The van der Waals surface area contributed by atoms with Crippen LogP contribution >= 0.6 is 0 Å². The Bertz CT molecular complexity index is 1180. The van der Waals surface area contributed by atoms with Crippen molar-refractivity contribution in [2.45, 2.75) is 18.4 Å². The fourth-order valence-corrected chi connectivity index (χ4v) is 3.92. The van der Waals surface area contributed by atoms with Gasteiger partial charge in [0.05, 0.1) is 12.0 Å². The zero-order valence-corrected chi connectivity index (χ0v) is 17.5. The number of halogens is 2. The van der Waals surface area contributed by atoms with Crippen LogP contribution in [0.1, 0.15) is 17.3 Å². The normalized spacial score (nSPS) is 11.3. The number of methoxy groups -OCH3 is 1. The molecule has 0 spiro atoms. The lowest BCUT2D eigenvalue weighted by molar-refractivity contribution is -0.0494. The van der Waals surface area contributed by atoms with Gasteiger partial charge in [-0.3, -0.25) is 9.52 Å². The molecule has 31 heavy (non-hydrogen) atoms. The number of carbonyl (C=O) groups excluding carboxylic acids is 1. The number of rotatable bonds is 8. The number of ether oxygens (including phenoxy) is 2. The van der Waals surface area contributed by atoms with Crippen LogP contribution in [0.4, 0.5) is 14.5 Å². The number of carbonyl (C=O) groups is 1. The van der Waals surface area contributed by atoms with Gasteiger partial charge in [-0.2, -0.15) is 8.78 Å². The average Bonchev–Trinajstić information content (AvgIpc) is 2.74. The van der Waals surface area contributed by atoms with Gasteiger partial charge in [0.1, 0.15) is 11.5 Å². The van der Waals surface area contributed by atoms with E-state index in [4.69, 9.17) is 4.74 Å². The highest BCUT2D eigenvalue weighted by molar-refractivity contribution is 7.92. The van der Waals surface area contributed by atoms with Crippen molar-refractivity contribution in [1.82, 2.24) is 0 Å². The topological polar surface area (TPSA) is 81.7 Å². The summed E-state index contributed by atoms with van der Waals surface area (Å²) >= 11 is 0. The maximum Gasteiger partial charge on any atom is 0.387 e.